The number of nitrogen functional groups attached to an aromatic ring is 1. The van der Waals surface area contributed by atoms with Crippen molar-refractivity contribution in [1.82, 2.24) is 19.9 Å². The zero-order chi connectivity index (χ0) is 14.8. The number of β-amino-alcohol motifs (C(OH)–C–C–N with tert-alkyl or cyclic N) is 1. The number of hydrogen-bond acceptors (Lipinski definition) is 7. The normalized spacial score (nSPS) is 18.8. The molecule has 0 aliphatic carbocycles. The van der Waals surface area contributed by atoms with Gasteiger partial charge in [0, 0.05) is 31.0 Å². The maximum atomic E-state index is 9.69. The van der Waals surface area contributed by atoms with Crippen molar-refractivity contribution in [2.75, 3.05) is 23.7 Å². The maximum Gasteiger partial charge on any atom is 0.225 e. The van der Waals surface area contributed by atoms with Gasteiger partial charge >= 0.3 is 0 Å². The molecule has 0 saturated carbocycles. The van der Waals surface area contributed by atoms with E-state index in [0.29, 0.717) is 28.8 Å². The summed E-state index contributed by atoms with van der Waals surface area (Å²) in [5, 5.41) is 10.1. The average Bonchev–Trinajstić information content (AvgIpc) is 2.50. The summed E-state index contributed by atoms with van der Waals surface area (Å²) in [6, 6.07) is 0. The molecule has 110 valence electrons. The van der Waals surface area contributed by atoms with E-state index < -0.39 is 0 Å². The van der Waals surface area contributed by atoms with Crippen LogP contribution in [0.1, 0.15) is 12.8 Å². The summed E-state index contributed by atoms with van der Waals surface area (Å²) in [7, 11) is 0. The Morgan fingerprint density at radius 1 is 1.24 bits per heavy atom. The molecule has 1 fully saturated rings. The molecular weight excluding hydrogens is 292 g/mol. The number of aliphatic hydroxyl groups is 1. The molecule has 3 heterocycles. The lowest BCUT2D eigenvalue weighted by Crippen LogP contribution is -2.39. The molecule has 1 atom stereocenters. The van der Waals surface area contributed by atoms with Crippen molar-refractivity contribution in [1.29, 1.82) is 0 Å². The summed E-state index contributed by atoms with van der Waals surface area (Å²) in [4.78, 5) is 18.5. The van der Waals surface area contributed by atoms with Crippen molar-refractivity contribution in [3.8, 4) is 11.3 Å². The first-order valence-electron chi connectivity index (χ1n) is 6.67. The van der Waals surface area contributed by atoms with E-state index in [4.69, 9.17) is 17.3 Å². The van der Waals surface area contributed by atoms with Crippen LogP contribution in [0.4, 0.5) is 11.9 Å². The third-order valence-electron chi connectivity index (χ3n) is 3.35. The van der Waals surface area contributed by atoms with Crippen LogP contribution >= 0.6 is 11.6 Å². The third kappa shape index (κ3) is 3.03. The summed E-state index contributed by atoms with van der Waals surface area (Å²) in [5.41, 5.74) is 6.75. The van der Waals surface area contributed by atoms with Crippen LogP contribution in [0.15, 0.2) is 18.6 Å². The standard InChI is InChI=1S/C13H15ClN6O/c14-10-6-16-12(15)19-11(10)8-4-17-13(18-5-8)20-3-1-2-9(21)7-20/h4-6,9,21H,1-3,7H2,(H2,15,16,19). The number of nitrogens with zero attached hydrogens (tertiary/aromatic N) is 5. The summed E-state index contributed by atoms with van der Waals surface area (Å²) in [6.07, 6.45) is 6.19. The van der Waals surface area contributed by atoms with Crippen LogP contribution in [0.5, 0.6) is 0 Å². The molecule has 7 nitrogen and oxygen atoms in total. The van der Waals surface area contributed by atoms with E-state index in [0.717, 1.165) is 19.4 Å². The van der Waals surface area contributed by atoms with Gasteiger partial charge in [0.2, 0.25) is 11.9 Å². The smallest absolute Gasteiger partial charge is 0.225 e. The zero-order valence-electron chi connectivity index (χ0n) is 11.3. The maximum absolute atomic E-state index is 9.69. The minimum atomic E-state index is -0.321. The van der Waals surface area contributed by atoms with Crippen LogP contribution in [0.25, 0.3) is 11.3 Å². The number of aromatic nitrogens is 4. The molecule has 1 unspecified atom stereocenters. The Labute approximate surface area is 126 Å². The number of nitrogens with two attached hydrogens (primary N) is 1. The molecule has 2 aromatic rings. The fourth-order valence-corrected chi connectivity index (χ4v) is 2.53. The van der Waals surface area contributed by atoms with Gasteiger partial charge in [-0.3, -0.25) is 0 Å². The Morgan fingerprint density at radius 3 is 2.71 bits per heavy atom. The molecule has 2 aromatic heterocycles. The highest BCUT2D eigenvalue weighted by Crippen LogP contribution is 2.25. The highest BCUT2D eigenvalue weighted by atomic mass is 35.5. The number of rotatable bonds is 2. The lowest BCUT2D eigenvalue weighted by molar-refractivity contribution is 0.153. The van der Waals surface area contributed by atoms with Gasteiger partial charge in [0.15, 0.2) is 0 Å². The molecule has 0 spiro atoms. The molecule has 8 heteroatoms. The second-order valence-corrected chi connectivity index (χ2v) is 5.35. The van der Waals surface area contributed by atoms with Crippen molar-refractivity contribution in [3.63, 3.8) is 0 Å². The summed E-state index contributed by atoms with van der Waals surface area (Å²) in [5.74, 6) is 0.744. The minimum absolute atomic E-state index is 0.151. The largest absolute Gasteiger partial charge is 0.391 e. The van der Waals surface area contributed by atoms with Crippen LogP contribution in [0, 0.1) is 0 Å². The molecule has 1 saturated heterocycles. The predicted molar refractivity (Wildman–Crippen MR) is 79.9 cm³/mol. The van der Waals surface area contributed by atoms with Crippen molar-refractivity contribution in [2.24, 2.45) is 0 Å². The highest BCUT2D eigenvalue weighted by molar-refractivity contribution is 6.32. The molecule has 3 N–H and O–H groups in total. The van der Waals surface area contributed by atoms with E-state index in [2.05, 4.69) is 19.9 Å². The summed E-state index contributed by atoms with van der Waals surface area (Å²) in [6.45, 7) is 1.40. The topological polar surface area (TPSA) is 101 Å². The van der Waals surface area contributed by atoms with Crippen molar-refractivity contribution in [2.45, 2.75) is 18.9 Å². The van der Waals surface area contributed by atoms with Crippen LogP contribution < -0.4 is 10.6 Å². The molecule has 0 aromatic carbocycles. The first-order valence-corrected chi connectivity index (χ1v) is 7.05. The summed E-state index contributed by atoms with van der Waals surface area (Å²) < 4.78 is 0. The predicted octanol–water partition coefficient (Wildman–Crippen LogP) is 1.13. The van der Waals surface area contributed by atoms with E-state index in [-0.39, 0.29) is 12.1 Å². The molecule has 1 aliphatic rings. The molecular formula is C13H15ClN6O. The Bertz CT molecular complexity index is 635. The van der Waals surface area contributed by atoms with Crippen molar-refractivity contribution in [3.05, 3.63) is 23.6 Å². The first kappa shape index (κ1) is 14.0. The molecule has 0 amide bonds. The van der Waals surface area contributed by atoms with Gasteiger partial charge in [-0.2, -0.15) is 0 Å². The Morgan fingerprint density at radius 2 is 2.00 bits per heavy atom. The van der Waals surface area contributed by atoms with Gasteiger partial charge in [-0.25, -0.2) is 19.9 Å². The third-order valence-corrected chi connectivity index (χ3v) is 3.63. The van der Waals surface area contributed by atoms with Gasteiger partial charge in [-0.15, -0.1) is 0 Å². The highest BCUT2D eigenvalue weighted by Gasteiger charge is 2.20. The number of piperidine rings is 1. The second kappa shape index (κ2) is 5.79. The number of halogens is 1. The molecule has 3 rings (SSSR count). The van der Waals surface area contributed by atoms with E-state index in [1.165, 1.54) is 6.20 Å². The van der Waals surface area contributed by atoms with E-state index in [1.54, 1.807) is 12.4 Å². The molecule has 1 aliphatic heterocycles. The number of anilines is 2. The quantitative estimate of drug-likeness (QED) is 0.857. The number of hydrogen-bond donors (Lipinski definition) is 2. The molecule has 21 heavy (non-hydrogen) atoms. The SMILES string of the molecule is Nc1ncc(Cl)c(-c2cnc(N3CCCC(O)C3)nc2)n1. The van der Waals surface area contributed by atoms with Crippen LogP contribution in [-0.4, -0.2) is 44.2 Å². The van der Waals surface area contributed by atoms with E-state index >= 15 is 0 Å². The fraction of sp³-hybridized carbons (Fsp3) is 0.385. The van der Waals surface area contributed by atoms with Gasteiger partial charge in [-0.1, -0.05) is 11.6 Å². The van der Waals surface area contributed by atoms with E-state index in [9.17, 15) is 5.11 Å². The molecule has 0 bridgehead atoms. The van der Waals surface area contributed by atoms with Crippen molar-refractivity contribution < 1.29 is 5.11 Å². The van der Waals surface area contributed by atoms with Crippen molar-refractivity contribution >= 4 is 23.5 Å². The van der Waals surface area contributed by atoms with Crippen LogP contribution in [0.2, 0.25) is 5.02 Å². The fourth-order valence-electron chi connectivity index (χ4n) is 2.33. The Hall–Kier alpha value is -1.99. The number of aliphatic hydroxyl groups excluding tert-OH is 1. The zero-order valence-corrected chi connectivity index (χ0v) is 12.0. The van der Waals surface area contributed by atoms with Gasteiger partial charge in [0.1, 0.15) is 0 Å². The summed E-state index contributed by atoms with van der Waals surface area (Å²) >= 11 is 6.06. The van der Waals surface area contributed by atoms with Gasteiger partial charge in [0.25, 0.3) is 0 Å². The van der Waals surface area contributed by atoms with Gasteiger partial charge in [0.05, 0.1) is 23.0 Å². The Kier molecular flexibility index (Phi) is 3.85. The van der Waals surface area contributed by atoms with Crippen LogP contribution in [0.3, 0.4) is 0 Å². The van der Waals surface area contributed by atoms with Gasteiger partial charge in [-0.05, 0) is 12.8 Å². The second-order valence-electron chi connectivity index (χ2n) is 4.94. The Balaban J connectivity index is 1.85. The van der Waals surface area contributed by atoms with Crippen LogP contribution in [-0.2, 0) is 0 Å². The minimum Gasteiger partial charge on any atom is -0.391 e. The lowest BCUT2D eigenvalue weighted by Gasteiger charge is -2.29. The average molecular weight is 307 g/mol. The lowest BCUT2D eigenvalue weighted by atomic mass is 10.1. The monoisotopic (exact) mass is 306 g/mol. The van der Waals surface area contributed by atoms with E-state index in [1.807, 2.05) is 4.90 Å². The molecule has 0 radical (unpaired) electrons. The first-order chi connectivity index (χ1) is 10.1. The van der Waals surface area contributed by atoms with Gasteiger partial charge < -0.3 is 15.7 Å².